The van der Waals surface area contributed by atoms with Crippen LogP contribution < -0.4 is 10.9 Å². The van der Waals surface area contributed by atoms with E-state index in [0.29, 0.717) is 12.3 Å². The molecule has 2 N–H and O–H groups in total. The predicted molar refractivity (Wildman–Crippen MR) is 83.4 cm³/mol. The maximum absolute atomic E-state index is 12.7. The highest BCUT2D eigenvalue weighted by molar-refractivity contribution is 5.86. The highest BCUT2D eigenvalue weighted by atomic mass is 16.2. The molecule has 5 aliphatic rings. The smallest absolute Gasteiger partial charge is 0.244 e. The summed E-state index contributed by atoms with van der Waals surface area (Å²) >= 11 is 0. The normalized spacial score (nSPS) is 41.6. The van der Waals surface area contributed by atoms with Crippen LogP contribution in [0.5, 0.6) is 0 Å². The quantitative estimate of drug-likeness (QED) is 0.622. The van der Waals surface area contributed by atoms with Crippen LogP contribution in [0.15, 0.2) is 12.2 Å². The number of amides is 2. The van der Waals surface area contributed by atoms with Gasteiger partial charge in [-0.3, -0.25) is 20.4 Å². The highest BCUT2D eigenvalue weighted by Crippen LogP contribution is 2.59. The van der Waals surface area contributed by atoms with Gasteiger partial charge in [-0.15, -0.1) is 0 Å². The second-order valence-corrected chi connectivity index (χ2v) is 8.17. The van der Waals surface area contributed by atoms with Crippen molar-refractivity contribution in [2.75, 3.05) is 0 Å². The van der Waals surface area contributed by atoms with Crippen molar-refractivity contribution in [3.63, 3.8) is 0 Å². The third-order valence-corrected chi connectivity index (χ3v) is 6.40. The first-order valence-electron chi connectivity index (χ1n) is 8.89. The van der Waals surface area contributed by atoms with Crippen molar-refractivity contribution in [2.45, 2.75) is 57.8 Å². The molecule has 4 fully saturated rings. The first-order chi connectivity index (χ1) is 10.6. The van der Waals surface area contributed by atoms with Crippen molar-refractivity contribution >= 4 is 11.8 Å². The standard InChI is InChI=1S/C18H26N2O2/c21-16(8-12-3-1-2-4-12)19-20-17(22)18-9-13-5-14(10-18)7-15(6-13)11-18/h1,3,12-15H,2,4-11H2,(H,19,21)(H,20,22)/t12-,13?,14?,15?,18?/m1/s1. The van der Waals surface area contributed by atoms with Crippen LogP contribution in [-0.4, -0.2) is 11.8 Å². The Morgan fingerprint density at radius 1 is 1.00 bits per heavy atom. The number of nitrogens with one attached hydrogen (secondary N) is 2. The fraction of sp³-hybridized carbons (Fsp3) is 0.778. The zero-order valence-corrected chi connectivity index (χ0v) is 13.1. The Balaban J connectivity index is 1.32. The molecule has 4 nitrogen and oxygen atoms in total. The van der Waals surface area contributed by atoms with Crippen molar-refractivity contribution < 1.29 is 9.59 Å². The molecule has 0 aromatic heterocycles. The first-order valence-corrected chi connectivity index (χ1v) is 8.89. The number of hydrogen-bond donors (Lipinski definition) is 2. The lowest BCUT2D eigenvalue weighted by Gasteiger charge is -2.55. The van der Waals surface area contributed by atoms with Gasteiger partial charge < -0.3 is 0 Å². The van der Waals surface area contributed by atoms with Crippen LogP contribution in [0.1, 0.15) is 57.8 Å². The molecule has 5 aliphatic carbocycles. The van der Waals surface area contributed by atoms with E-state index in [2.05, 4.69) is 23.0 Å². The molecule has 0 aromatic carbocycles. The van der Waals surface area contributed by atoms with Gasteiger partial charge in [0.1, 0.15) is 0 Å². The Morgan fingerprint density at radius 2 is 1.64 bits per heavy atom. The lowest BCUT2D eigenvalue weighted by Crippen LogP contribution is -2.56. The molecule has 2 amide bonds. The van der Waals surface area contributed by atoms with Crippen molar-refractivity contribution in [1.29, 1.82) is 0 Å². The summed E-state index contributed by atoms with van der Waals surface area (Å²) in [5.41, 5.74) is 5.23. The van der Waals surface area contributed by atoms with E-state index in [4.69, 9.17) is 0 Å². The maximum atomic E-state index is 12.7. The SMILES string of the molecule is O=C(C[C@@H]1C=CCC1)NNC(=O)C12CC3CC(CC(C3)C1)C2. The summed E-state index contributed by atoms with van der Waals surface area (Å²) in [4.78, 5) is 24.7. The molecule has 120 valence electrons. The molecule has 1 atom stereocenters. The number of rotatable bonds is 3. The van der Waals surface area contributed by atoms with E-state index in [1.165, 1.54) is 19.3 Å². The zero-order chi connectivity index (χ0) is 15.2. The minimum Gasteiger partial charge on any atom is -0.273 e. The van der Waals surface area contributed by atoms with Crippen LogP contribution in [0.3, 0.4) is 0 Å². The molecule has 0 heterocycles. The Hall–Kier alpha value is -1.32. The molecule has 4 saturated carbocycles. The number of hydrazine groups is 1. The third-order valence-electron chi connectivity index (χ3n) is 6.40. The molecule has 4 bridgehead atoms. The van der Waals surface area contributed by atoms with Crippen LogP contribution in [-0.2, 0) is 9.59 Å². The van der Waals surface area contributed by atoms with Gasteiger partial charge in [-0.1, -0.05) is 12.2 Å². The van der Waals surface area contributed by atoms with E-state index in [0.717, 1.165) is 49.9 Å². The number of carbonyl (C=O) groups is 2. The molecule has 5 rings (SSSR count). The van der Waals surface area contributed by atoms with E-state index < -0.39 is 0 Å². The zero-order valence-electron chi connectivity index (χ0n) is 13.1. The van der Waals surface area contributed by atoms with E-state index in [1.54, 1.807) is 0 Å². The summed E-state index contributed by atoms with van der Waals surface area (Å²) < 4.78 is 0. The highest BCUT2D eigenvalue weighted by Gasteiger charge is 2.54. The van der Waals surface area contributed by atoms with Gasteiger partial charge in [-0.2, -0.15) is 0 Å². The van der Waals surface area contributed by atoms with Gasteiger partial charge in [-0.05, 0) is 75.0 Å². The van der Waals surface area contributed by atoms with Gasteiger partial charge in [0.05, 0.1) is 5.41 Å². The van der Waals surface area contributed by atoms with E-state index >= 15 is 0 Å². The van der Waals surface area contributed by atoms with Gasteiger partial charge in [0, 0.05) is 6.42 Å². The van der Waals surface area contributed by atoms with Crippen molar-refractivity contribution in [3.8, 4) is 0 Å². The molecule has 0 saturated heterocycles. The number of allylic oxidation sites excluding steroid dienone is 2. The molecule has 0 aliphatic heterocycles. The summed E-state index contributed by atoms with van der Waals surface area (Å²) in [6.45, 7) is 0. The van der Waals surface area contributed by atoms with Crippen molar-refractivity contribution in [3.05, 3.63) is 12.2 Å². The molecule has 22 heavy (non-hydrogen) atoms. The van der Waals surface area contributed by atoms with Crippen LogP contribution >= 0.6 is 0 Å². The fourth-order valence-corrected chi connectivity index (χ4v) is 5.80. The summed E-state index contributed by atoms with van der Waals surface area (Å²) in [6, 6.07) is 0. The summed E-state index contributed by atoms with van der Waals surface area (Å²) in [5, 5.41) is 0. The van der Waals surface area contributed by atoms with Crippen molar-refractivity contribution in [1.82, 2.24) is 10.9 Å². The first kappa shape index (κ1) is 14.3. The number of hydrogen-bond acceptors (Lipinski definition) is 2. The molecule has 0 spiro atoms. The average Bonchev–Trinajstić information content (AvgIpc) is 2.96. The summed E-state index contributed by atoms with van der Waals surface area (Å²) in [5.74, 6) is 2.59. The lowest BCUT2D eigenvalue weighted by atomic mass is 9.49. The van der Waals surface area contributed by atoms with E-state index in [1.807, 2.05) is 0 Å². The second-order valence-electron chi connectivity index (χ2n) is 8.17. The fourth-order valence-electron chi connectivity index (χ4n) is 5.80. The largest absolute Gasteiger partial charge is 0.273 e. The van der Waals surface area contributed by atoms with Gasteiger partial charge >= 0.3 is 0 Å². The number of carbonyl (C=O) groups excluding carboxylic acids is 2. The second kappa shape index (κ2) is 5.39. The molecular formula is C18H26N2O2. The average molecular weight is 302 g/mol. The maximum Gasteiger partial charge on any atom is 0.244 e. The molecule has 0 aromatic rings. The Bertz CT molecular complexity index is 476. The molecule has 4 heteroatoms. The monoisotopic (exact) mass is 302 g/mol. The third kappa shape index (κ3) is 2.57. The van der Waals surface area contributed by atoms with Crippen LogP contribution in [0, 0.1) is 29.1 Å². The Morgan fingerprint density at radius 3 is 2.18 bits per heavy atom. The summed E-state index contributed by atoms with van der Waals surface area (Å²) in [7, 11) is 0. The van der Waals surface area contributed by atoms with Gasteiger partial charge in [0.25, 0.3) is 0 Å². The lowest BCUT2D eigenvalue weighted by molar-refractivity contribution is -0.149. The van der Waals surface area contributed by atoms with Crippen molar-refractivity contribution in [2.24, 2.45) is 29.1 Å². The topological polar surface area (TPSA) is 58.2 Å². The van der Waals surface area contributed by atoms with E-state index in [-0.39, 0.29) is 17.2 Å². The molecule has 0 unspecified atom stereocenters. The predicted octanol–water partition coefficient (Wildman–Crippen LogP) is 2.71. The van der Waals surface area contributed by atoms with Crippen LogP contribution in [0.4, 0.5) is 0 Å². The van der Waals surface area contributed by atoms with Crippen LogP contribution in [0.25, 0.3) is 0 Å². The molecule has 0 radical (unpaired) electrons. The van der Waals surface area contributed by atoms with Crippen LogP contribution in [0.2, 0.25) is 0 Å². The Kier molecular flexibility index (Phi) is 3.50. The van der Waals surface area contributed by atoms with Gasteiger partial charge in [0.2, 0.25) is 11.8 Å². The minimum atomic E-state index is -0.185. The van der Waals surface area contributed by atoms with Gasteiger partial charge in [0.15, 0.2) is 0 Å². The Labute approximate surface area is 132 Å². The van der Waals surface area contributed by atoms with Gasteiger partial charge in [-0.25, -0.2) is 0 Å². The summed E-state index contributed by atoms with van der Waals surface area (Å²) in [6.07, 6.45) is 13.9. The molecular weight excluding hydrogens is 276 g/mol. The van der Waals surface area contributed by atoms with E-state index in [9.17, 15) is 9.59 Å². The minimum absolute atomic E-state index is 0.0605.